The van der Waals surface area contributed by atoms with E-state index in [4.69, 9.17) is 16.3 Å². The molecular formula is C25H23ClO3. The molecule has 0 amide bonds. The molecule has 0 aliphatic heterocycles. The van der Waals surface area contributed by atoms with Crippen LogP contribution in [0.25, 0.3) is 0 Å². The molecule has 0 radical (unpaired) electrons. The number of esters is 1. The largest absolute Gasteiger partial charge is 0.469 e. The second-order valence-electron chi connectivity index (χ2n) is 6.95. The molecule has 0 aromatic heterocycles. The summed E-state index contributed by atoms with van der Waals surface area (Å²) in [5, 5.41) is 0.631. The van der Waals surface area contributed by atoms with E-state index in [0.29, 0.717) is 10.6 Å². The maximum Gasteiger partial charge on any atom is 0.306 e. The number of ether oxygens (including phenoxy) is 1. The molecule has 0 saturated heterocycles. The molecule has 3 rings (SSSR count). The highest BCUT2D eigenvalue weighted by Crippen LogP contribution is 2.39. The molecule has 29 heavy (non-hydrogen) atoms. The number of methoxy groups -OCH3 is 1. The zero-order valence-corrected chi connectivity index (χ0v) is 17.0. The van der Waals surface area contributed by atoms with Gasteiger partial charge in [0.2, 0.25) is 0 Å². The lowest BCUT2D eigenvalue weighted by Gasteiger charge is -2.27. The summed E-state index contributed by atoms with van der Waals surface area (Å²) in [7, 11) is 1.39. The number of hydrogen-bond acceptors (Lipinski definition) is 3. The molecule has 148 valence electrons. The van der Waals surface area contributed by atoms with Crippen molar-refractivity contribution in [1.29, 1.82) is 0 Å². The molecule has 0 saturated carbocycles. The third kappa shape index (κ3) is 5.55. The van der Waals surface area contributed by atoms with Crippen LogP contribution in [0.2, 0.25) is 5.02 Å². The Balaban J connectivity index is 2.01. The number of hydrogen-bond donors (Lipinski definition) is 0. The highest BCUT2D eigenvalue weighted by molar-refractivity contribution is 6.30. The zero-order chi connectivity index (χ0) is 20.6. The number of Topliss-reactive ketones (excluding diaryl/α,β-unsaturated/α-hetero) is 1. The van der Waals surface area contributed by atoms with E-state index in [2.05, 4.69) is 0 Å². The van der Waals surface area contributed by atoms with Gasteiger partial charge in [-0.1, -0.05) is 84.4 Å². The van der Waals surface area contributed by atoms with E-state index < -0.39 is 0 Å². The summed E-state index contributed by atoms with van der Waals surface area (Å²) in [4.78, 5) is 25.3. The normalized spacial score (nSPS) is 12.8. The molecule has 0 aliphatic carbocycles. The molecule has 0 N–H and O–H groups in total. The highest BCUT2D eigenvalue weighted by Gasteiger charge is 2.29. The Morgan fingerprint density at radius 1 is 0.759 bits per heavy atom. The highest BCUT2D eigenvalue weighted by atomic mass is 35.5. The maximum absolute atomic E-state index is 13.0. The molecule has 3 aromatic rings. The average molecular weight is 407 g/mol. The molecular weight excluding hydrogens is 384 g/mol. The lowest BCUT2D eigenvalue weighted by atomic mass is 9.76. The van der Waals surface area contributed by atoms with Crippen LogP contribution in [0.3, 0.4) is 0 Å². The van der Waals surface area contributed by atoms with Crippen molar-refractivity contribution in [3.63, 3.8) is 0 Å². The minimum Gasteiger partial charge on any atom is -0.469 e. The first-order valence-electron chi connectivity index (χ1n) is 9.54. The van der Waals surface area contributed by atoms with Gasteiger partial charge in [0.05, 0.1) is 13.5 Å². The summed E-state index contributed by atoms with van der Waals surface area (Å²) < 4.78 is 4.95. The summed E-state index contributed by atoms with van der Waals surface area (Å²) in [5.74, 6) is -0.653. The van der Waals surface area contributed by atoms with Crippen LogP contribution in [-0.2, 0) is 9.53 Å². The van der Waals surface area contributed by atoms with Gasteiger partial charge < -0.3 is 4.74 Å². The lowest BCUT2D eigenvalue weighted by Crippen LogP contribution is -2.19. The van der Waals surface area contributed by atoms with Crippen molar-refractivity contribution in [2.75, 3.05) is 7.11 Å². The molecule has 2 atom stereocenters. The second kappa shape index (κ2) is 10.0. The predicted molar refractivity (Wildman–Crippen MR) is 115 cm³/mol. The van der Waals surface area contributed by atoms with Crippen LogP contribution >= 0.6 is 11.6 Å². The number of rotatable bonds is 8. The molecule has 4 heteroatoms. The van der Waals surface area contributed by atoms with Crippen molar-refractivity contribution in [3.05, 3.63) is 107 Å². The second-order valence-corrected chi connectivity index (χ2v) is 7.39. The van der Waals surface area contributed by atoms with Crippen LogP contribution in [0.5, 0.6) is 0 Å². The van der Waals surface area contributed by atoms with E-state index >= 15 is 0 Å². The third-order valence-corrected chi connectivity index (χ3v) is 5.38. The number of benzene rings is 3. The molecule has 0 aliphatic rings. The van der Waals surface area contributed by atoms with Crippen molar-refractivity contribution < 1.29 is 14.3 Å². The van der Waals surface area contributed by atoms with Crippen LogP contribution < -0.4 is 0 Å². The fourth-order valence-corrected chi connectivity index (χ4v) is 3.73. The first-order chi connectivity index (χ1) is 14.1. The van der Waals surface area contributed by atoms with Crippen molar-refractivity contribution >= 4 is 23.4 Å². The van der Waals surface area contributed by atoms with Gasteiger partial charge in [-0.15, -0.1) is 0 Å². The number of carbonyl (C=O) groups excluding carboxylic acids is 2. The predicted octanol–water partition coefficient (Wildman–Crippen LogP) is 6.04. The van der Waals surface area contributed by atoms with Gasteiger partial charge in [-0.2, -0.15) is 0 Å². The van der Waals surface area contributed by atoms with Crippen molar-refractivity contribution in [3.8, 4) is 0 Å². The van der Waals surface area contributed by atoms with Crippen molar-refractivity contribution in [1.82, 2.24) is 0 Å². The van der Waals surface area contributed by atoms with Gasteiger partial charge in [0.15, 0.2) is 5.78 Å². The topological polar surface area (TPSA) is 43.4 Å². The summed E-state index contributed by atoms with van der Waals surface area (Å²) in [6.07, 6.45) is 0.470. The summed E-state index contributed by atoms with van der Waals surface area (Å²) >= 11 is 6.08. The number of carbonyl (C=O) groups is 2. The van der Waals surface area contributed by atoms with E-state index in [0.717, 1.165) is 11.1 Å². The van der Waals surface area contributed by atoms with Gasteiger partial charge in [-0.25, -0.2) is 0 Å². The van der Waals surface area contributed by atoms with E-state index in [1.807, 2.05) is 84.9 Å². The number of halogens is 1. The van der Waals surface area contributed by atoms with Gasteiger partial charge in [-0.05, 0) is 29.2 Å². The molecule has 3 nitrogen and oxygen atoms in total. The fourth-order valence-electron chi connectivity index (χ4n) is 3.60. The molecule has 0 fully saturated rings. The SMILES string of the molecule is COC(=O)C[C@@H](c1ccccc1)[C@H](CC(=O)c1ccccc1)c1ccc(Cl)cc1. The van der Waals surface area contributed by atoms with Crippen LogP contribution in [0.15, 0.2) is 84.9 Å². The molecule has 3 aromatic carbocycles. The Bertz CT molecular complexity index is 937. The Morgan fingerprint density at radius 3 is 1.86 bits per heavy atom. The quantitative estimate of drug-likeness (QED) is 0.338. The summed E-state index contributed by atoms with van der Waals surface area (Å²) in [6.45, 7) is 0. The van der Waals surface area contributed by atoms with Crippen LogP contribution in [-0.4, -0.2) is 18.9 Å². The summed E-state index contributed by atoms with van der Waals surface area (Å²) in [5.41, 5.74) is 2.63. The first kappa shape index (κ1) is 20.8. The van der Waals surface area contributed by atoms with Crippen molar-refractivity contribution in [2.24, 2.45) is 0 Å². The molecule has 0 spiro atoms. The monoisotopic (exact) mass is 406 g/mol. The molecule has 0 unspecified atom stereocenters. The van der Waals surface area contributed by atoms with Gasteiger partial charge >= 0.3 is 5.97 Å². The molecule has 0 heterocycles. The van der Waals surface area contributed by atoms with Crippen molar-refractivity contribution in [2.45, 2.75) is 24.7 Å². The van der Waals surface area contributed by atoms with E-state index in [9.17, 15) is 9.59 Å². The first-order valence-corrected chi connectivity index (χ1v) is 9.91. The van der Waals surface area contributed by atoms with Gasteiger partial charge in [-0.3, -0.25) is 9.59 Å². The third-order valence-electron chi connectivity index (χ3n) is 5.13. The van der Waals surface area contributed by atoms with E-state index in [1.165, 1.54) is 7.11 Å². The van der Waals surface area contributed by atoms with Crippen LogP contribution in [0.4, 0.5) is 0 Å². The van der Waals surface area contributed by atoms with Gasteiger partial charge in [0, 0.05) is 22.9 Å². The molecule has 0 bridgehead atoms. The number of ketones is 1. The Hall–Kier alpha value is -2.91. The van der Waals surface area contributed by atoms with E-state index in [-0.39, 0.29) is 36.4 Å². The Kier molecular flexibility index (Phi) is 7.20. The fraction of sp³-hybridized carbons (Fsp3) is 0.200. The Labute approximate surface area is 176 Å². The minimum atomic E-state index is -0.301. The smallest absolute Gasteiger partial charge is 0.306 e. The maximum atomic E-state index is 13.0. The lowest BCUT2D eigenvalue weighted by molar-refractivity contribution is -0.141. The minimum absolute atomic E-state index is 0.0383. The van der Waals surface area contributed by atoms with E-state index in [1.54, 1.807) is 0 Å². The van der Waals surface area contributed by atoms with Gasteiger partial charge in [0.1, 0.15) is 0 Å². The summed E-state index contributed by atoms with van der Waals surface area (Å²) in [6, 6.07) is 26.5. The van der Waals surface area contributed by atoms with Gasteiger partial charge in [0.25, 0.3) is 0 Å². The van der Waals surface area contributed by atoms with Crippen LogP contribution in [0.1, 0.15) is 46.2 Å². The zero-order valence-electron chi connectivity index (χ0n) is 16.3. The average Bonchev–Trinajstić information content (AvgIpc) is 2.77. The standard InChI is InChI=1S/C25H23ClO3/c1-29-25(28)17-23(18-8-4-2-5-9-18)22(19-12-14-21(26)15-13-19)16-24(27)20-10-6-3-7-11-20/h2-15,22-23H,16-17H2,1H3/t22-,23+/m1/s1. The Morgan fingerprint density at radius 2 is 1.28 bits per heavy atom. The van der Waals surface area contributed by atoms with Crippen LogP contribution in [0, 0.1) is 0 Å².